The Morgan fingerprint density at radius 3 is 2.35 bits per heavy atom. The van der Waals surface area contributed by atoms with E-state index in [2.05, 4.69) is 24.3 Å². The number of amides is 2. The third-order valence-electron chi connectivity index (χ3n) is 4.76. The largest absolute Gasteiger partial charge is 0.369 e. The minimum atomic E-state index is -0.376. The SMILES string of the molecule is NC(=O)CSc1ccccc1C(=O)N1CCC(Cc2ccccc2)CC1. The number of nitrogens with two attached hydrogens (primary N) is 1. The Morgan fingerprint density at radius 2 is 1.65 bits per heavy atom. The fourth-order valence-electron chi connectivity index (χ4n) is 3.38. The number of likely N-dealkylation sites (tertiary alicyclic amines) is 1. The first kappa shape index (κ1) is 18.5. The van der Waals surface area contributed by atoms with E-state index in [1.165, 1.54) is 17.3 Å². The van der Waals surface area contributed by atoms with Crippen LogP contribution >= 0.6 is 11.8 Å². The molecule has 0 atom stereocenters. The molecule has 0 aromatic heterocycles. The second-order valence-electron chi connectivity index (χ2n) is 6.68. The van der Waals surface area contributed by atoms with Crippen LogP contribution in [0.1, 0.15) is 28.8 Å². The van der Waals surface area contributed by atoms with Crippen molar-refractivity contribution >= 4 is 23.6 Å². The molecular weight excluding hydrogens is 344 g/mol. The van der Waals surface area contributed by atoms with Crippen molar-refractivity contribution < 1.29 is 9.59 Å². The number of carbonyl (C=O) groups excluding carboxylic acids is 2. The van der Waals surface area contributed by atoms with Gasteiger partial charge in [-0.25, -0.2) is 0 Å². The number of rotatable bonds is 6. The predicted octanol–water partition coefficient (Wildman–Crippen LogP) is 3.36. The molecule has 3 rings (SSSR count). The summed E-state index contributed by atoms with van der Waals surface area (Å²) in [5.41, 5.74) is 7.27. The van der Waals surface area contributed by atoms with Crippen LogP contribution in [-0.4, -0.2) is 35.6 Å². The van der Waals surface area contributed by atoms with Crippen LogP contribution in [0.25, 0.3) is 0 Å². The van der Waals surface area contributed by atoms with Crippen molar-refractivity contribution in [2.24, 2.45) is 11.7 Å². The maximum absolute atomic E-state index is 12.9. The Morgan fingerprint density at radius 1 is 1.00 bits per heavy atom. The molecule has 1 heterocycles. The molecule has 2 aromatic carbocycles. The van der Waals surface area contributed by atoms with Crippen molar-refractivity contribution in [1.29, 1.82) is 0 Å². The molecule has 2 aromatic rings. The Kier molecular flexibility index (Phi) is 6.34. The lowest BCUT2D eigenvalue weighted by Crippen LogP contribution is -2.39. The van der Waals surface area contributed by atoms with Crippen LogP contribution < -0.4 is 5.73 Å². The standard InChI is InChI=1S/C21H24N2O2S/c22-20(24)15-26-19-9-5-4-8-18(19)21(25)23-12-10-17(11-13-23)14-16-6-2-1-3-7-16/h1-9,17H,10-15H2,(H2,22,24). The van der Waals surface area contributed by atoms with Gasteiger partial charge in [0.2, 0.25) is 5.91 Å². The monoisotopic (exact) mass is 368 g/mol. The molecule has 0 bridgehead atoms. The van der Waals surface area contributed by atoms with Gasteiger partial charge in [-0.05, 0) is 42.9 Å². The molecule has 1 fully saturated rings. The molecule has 2 N–H and O–H groups in total. The van der Waals surface area contributed by atoms with Gasteiger partial charge in [0, 0.05) is 18.0 Å². The van der Waals surface area contributed by atoms with Gasteiger partial charge in [0.1, 0.15) is 0 Å². The summed E-state index contributed by atoms with van der Waals surface area (Å²) in [5.74, 6) is 0.485. The molecule has 0 radical (unpaired) electrons. The molecule has 1 aliphatic heterocycles. The topological polar surface area (TPSA) is 63.4 Å². The first-order valence-corrected chi connectivity index (χ1v) is 9.95. The molecule has 26 heavy (non-hydrogen) atoms. The molecule has 1 aliphatic rings. The van der Waals surface area contributed by atoms with E-state index >= 15 is 0 Å². The second kappa shape index (κ2) is 8.90. The lowest BCUT2D eigenvalue weighted by Gasteiger charge is -2.32. The highest BCUT2D eigenvalue weighted by Crippen LogP contribution is 2.27. The molecule has 2 amide bonds. The summed E-state index contributed by atoms with van der Waals surface area (Å²) >= 11 is 1.33. The number of thioether (sulfide) groups is 1. The van der Waals surface area contributed by atoms with E-state index < -0.39 is 0 Å². The number of nitrogens with zero attached hydrogens (tertiary/aromatic N) is 1. The number of primary amides is 1. The zero-order chi connectivity index (χ0) is 18.4. The number of hydrogen-bond donors (Lipinski definition) is 1. The Balaban J connectivity index is 1.59. The highest BCUT2D eigenvalue weighted by Gasteiger charge is 2.25. The highest BCUT2D eigenvalue weighted by molar-refractivity contribution is 8.00. The molecule has 0 saturated carbocycles. The molecule has 1 saturated heterocycles. The van der Waals surface area contributed by atoms with Crippen LogP contribution in [0.5, 0.6) is 0 Å². The summed E-state index contributed by atoms with van der Waals surface area (Å²) in [6, 6.07) is 18.0. The van der Waals surface area contributed by atoms with Crippen LogP contribution in [0.3, 0.4) is 0 Å². The van der Waals surface area contributed by atoms with E-state index in [9.17, 15) is 9.59 Å². The fraction of sp³-hybridized carbons (Fsp3) is 0.333. The van der Waals surface area contributed by atoms with E-state index in [-0.39, 0.29) is 17.6 Å². The smallest absolute Gasteiger partial charge is 0.254 e. The van der Waals surface area contributed by atoms with Crippen molar-refractivity contribution in [2.75, 3.05) is 18.8 Å². The summed E-state index contributed by atoms with van der Waals surface area (Å²) < 4.78 is 0. The molecule has 0 spiro atoms. The lowest BCUT2D eigenvalue weighted by molar-refractivity contribution is -0.115. The molecule has 0 unspecified atom stereocenters. The van der Waals surface area contributed by atoms with Gasteiger partial charge in [-0.2, -0.15) is 0 Å². The average Bonchev–Trinajstić information content (AvgIpc) is 2.67. The van der Waals surface area contributed by atoms with Gasteiger partial charge in [-0.3, -0.25) is 9.59 Å². The van der Waals surface area contributed by atoms with E-state index in [4.69, 9.17) is 5.73 Å². The summed E-state index contributed by atoms with van der Waals surface area (Å²) in [6.45, 7) is 1.57. The minimum absolute atomic E-state index is 0.0516. The van der Waals surface area contributed by atoms with Crippen LogP contribution in [0.15, 0.2) is 59.5 Å². The molecule has 5 heteroatoms. The molecule has 4 nitrogen and oxygen atoms in total. The summed E-state index contributed by atoms with van der Waals surface area (Å²) in [7, 11) is 0. The average molecular weight is 369 g/mol. The van der Waals surface area contributed by atoms with Crippen LogP contribution in [0.4, 0.5) is 0 Å². The van der Waals surface area contributed by atoms with Gasteiger partial charge >= 0.3 is 0 Å². The lowest BCUT2D eigenvalue weighted by atomic mass is 9.90. The first-order valence-electron chi connectivity index (χ1n) is 8.97. The third kappa shape index (κ3) is 4.88. The van der Waals surface area contributed by atoms with Crippen LogP contribution in [0.2, 0.25) is 0 Å². The minimum Gasteiger partial charge on any atom is -0.369 e. The van der Waals surface area contributed by atoms with Gasteiger partial charge in [0.15, 0.2) is 0 Å². The number of carbonyl (C=O) groups is 2. The molecular formula is C21H24N2O2S. The van der Waals surface area contributed by atoms with E-state index in [1.54, 1.807) is 0 Å². The maximum atomic E-state index is 12.9. The predicted molar refractivity (Wildman–Crippen MR) is 105 cm³/mol. The Bertz CT molecular complexity index is 756. The Hall–Kier alpha value is -2.27. The second-order valence-corrected chi connectivity index (χ2v) is 7.69. The van der Waals surface area contributed by atoms with Crippen molar-refractivity contribution in [3.63, 3.8) is 0 Å². The van der Waals surface area contributed by atoms with Crippen molar-refractivity contribution in [3.05, 3.63) is 65.7 Å². The fourth-order valence-corrected chi connectivity index (χ4v) is 4.16. The number of hydrogen-bond acceptors (Lipinski definition) is 3. The quantitative estimate of drug-likeness (QED) is 0.795. The zero-order valence-corrected chi connectivity index (χ0v) is 15.6. The van der Waals surface area contributed by atoms with Crippen molar-refractivity contribution in [3.8, 4) is 0 Å². The van der Waals surface area contributed by atoms with Gasteiger partial charge in [0.25, 0.3) is 5.91 Å². The number of benzene rings is 2. The molecule has 136 valence electrons. The van der Waals surface area contributed by atoms with E-state index in [0.29, 0.717) is 11.5 Å². The first-order chi connectivity index (χ1) is 12.6. The van der Waals surface area contributed by atoms with Gasteiger partial charge < -0.3 is 10.6 Å². The van der Waals surface area contributed by atoms with E-state index in [0.717, 1.165) is 37.2 Å². The Labute approximate surface area is 158 Å². The highest BCUT2D eigenvalue weighted by atomic mass is 32.2. The van der Waals surface area contributed by atoms with Crippen molar-refractivity contribution in [2.45, 2.75) is 24.2 Å². The normalized spacial score (nSPS) is 15.0. The number of piperidine rings is 1. The van der Waals surface area contributed by atoms with E-state index in [1.807, 2.05) is 35.2 Å². The summed E-state index contributed by atoms with van der Waals surface area (Å²) in [4.78, 5) is 26.7. The van der Waals surface area contributed by atoms with Gasteiger partial charge in [-0.15, -0.1) is 11.8 Å². The van der Waals surface area contributed by atoms with Gasteiger partial charge in [0.05, 0.1) is 11.3 Å². The third-order valence-corrected chi connectivity index (χ3v) is 5.85. The van der Waals surface area contributed by atoms with Gasteiger partial charge in [-0.1, -0.05) is 42.5 Å². The summed E-state index contributed by atoms with van der Waals surface area (Å²) in [6.07, 6.45) is 3.13. The molecule has 0 aliphatic carbocycles. The van der Waals surface area contributed by atoms with Crippen LogP contribution in [-0.2, 0) is 11.2 Å². The summed E-state index contributed by atoms with van der Waals surface area (Å²) in [5, 5.41) is 0. The van der Waals surface area contributed by atoms with Crippen molar-refractivity contribution in [1.82, 2.24) is 4.90 Å². The zero-order valence-electron chi connectivity index (χ0n) is 14.8. The maximum Gasteiger partial charge on any atom is 0.254 e. The van der Waals surface area contributed by atoms with Crippen LogP contribution in [0, 0.1) is 5.92 Å².